The number of aliphatic hydroxyl groups is 2. The van der Waals surface area contributed by atoms with Crippen LogP contribution >= 0.6 is 19.5 Å². The lowest BCUT2D eigenvalue weighted by molar-refractivity contribution is -0.149. The number of hydrogen-bond acceptors (Lipinski definition) is 9. The van der Waals surface area contributed by atoms with Crippen LogP contribution in [0.2, 0.25) is 0 Å². The van der Waals surface area contributed by atoms with Crippen molar-refractivity contribution in [1.29, 1.82) is 0 Å². The first-order chi connectivity index (χ1) is 16.8. The van der Waals surface area contributed by atoms with E-state index in [1.807, 2.05) is 0 Å². The lowest BCUT2D eigenvalue weighted by Crippen LogP contribution is -2.55. The Morgan fingerprint density at radius 3 is 2.61 bits per heavy atom. The third kappa shape index (κ3) is 6.70. The molecule has 0 saturated carbocycles. The van der Waals surface area contributed by atoms with Crippen LogP contribution in [-0.4, -0.2) is 68.2 Å². The predicted molar refractivity (Wildman–Crippen MR) is 135 cm³/mol. The highest BCUT2D eigenvalue weighted by molar-refractivity contribution is 8.01. The van der Waals surface area contributed by atoms with Crippen molar-refractivity contribution in [2.24, 2.45) is 0 Å². The number of urea groups is 1. The summed E-state index contributed by atoms with van der Waals surface area (Å²) in [5, 5.41) is 25.3. The topological polar surface area (TPSA) is 147 Å². The monoisotopic (exact) mass is 541 g/mol. The molecule has 0 bridgehead atoms. The smallest absolute Gasteiger partial charge is 0.459 e. The summed E-state index contributed by atoms with van der Waals surface area (Å²) < 4.78 is 30.1. The second-order valence-corrected chi connectivity index (χ2v) is 11.9. The third-order valence-electron chi connectivity index (χ3n) is 5.38. The lowest BCUT2D eigenvalue weighted by atomic mass is 9.96. The number of thioether (sulfide) groups is 1. The number of carbonyl (C=O) groups is 2. The molecular formula is C23H32N3O8PS. The molecular weight excluding hydrogens is 509 g/mol. The molecule has 0 spiro atoms. The number of nitrogens with one attached hydrogen (secondary N) is 2. The van der Waals surface area contributed by atoms with Crippen molar-refractivity contribution >= 4 is 31.5 Å². The number of ether oxygens (including phenoxy) is 1. The Bertz CT molecular complexity index is 1050. The SMILES string of the molecule is C=C1C=CN([C@@H]2S[C@H](CO[P@](=O)(N[C@@H](C)C(=O)OC(C)C)Oc3ccccc3)[C@@H](O)[C@@]2(C)O)C(=O)N1. The quantitative estimate of drug-likeness (QED) is 0.258. The average Bonchev–Trinajstić information content (AvgIpc) is 3.01. The predicted octanol–water partition coefficient (Wildman–Crippen LogP) is 2.73. The van der Waals surface area contributed by atoms with Gasteiger partial charge in [-0.2, -0.15) is 5.09 Å². The van der Waals surface area contributed by atoms with Crippen LogP contribution in [0.5, 0.6) is 5.75 Å². The first-order valence-corrected chi connectivity index (χ1v) is 13.8. The number of nitrogens with zero attached hydrogens (tertiary/aromatic N) is 1. The molecule has 3 rings (SSSR count). The number of para-hydroxylation sites is 1. The zero-order valence-electron chi connectivity index (χ0n) is 20.5. The molecule has 1 saturated heterocycles. The number of allylic oxidation sites excluding steroid dienone is 1. The largest absolute Gasteiger partial charge is 0.462 e. The zero-order chi connectivity index (χ0) is 26.7. The standard InChI is InChI=1S/C23H32N3O8PS/c1-14(2)33-20(28)16(4)25-35(31,34-17-9-7-6-8-10-17)32-13-18-19(27)23(5,30)21(36-18)26-12-11-15(3)24-22(26)29/h6-12,14,16,18-19,21,27,30H,3,13H2,1-2,4-5H3,(H,24,29)(H,25,31)/t16-,18+,19+,21+,23+,35+/m0/s1. The second kappa shape index (κ2) is 11.4. The molecule has 1 aromatic carbocycles. The molecule has 198 valence electrons. The van der Waals surface area contributed by atoms with Gasteiger partial charge in [0.15, 0.2) is 0 Å². The van der Waals surface area contributed by atoms with E-state index in [1.165, 1.54) is 24.9 Å². The minimum absolute atomic E-state index is 0.234. The Morgan fingerprint density at radius 1 is 1.33 bits per heavy atom. The average molecular weight is 542 g/mol. The van der Waals surface area contributed by atoms with Crippen molar-refractivity contribution in [2.45, 2.75) is 62.2 Å². The van der Waals surface area contributed by atoms with E-state index >= 15 is 0 Å². The number of amides is 2. The van der Waals surface area contributed by atoms with E-state index in [0.29, 0.717) is 5.70 Å². The molecule has 36 heavy (non-hydrogen) atoms. The van der Waals surface area contributed by atoms with Crippen molar-refractivity contribution in [3.8, 4) is 5.75 Å². The van der Waals surface area contributed by atoms with Crippen LogP contribution in [0.1, 0.15) is 27.7 Å². The van der Waals surface area contributed by atoms with Crippen LogP contribution in [0.3, 0.4) is 0 Å². The molecule has 0 unspecified atom stereocenters. The normalized spacial score (nSPS) is 28.5. The summed E-state index contributed by atoms with van der Waals surface area (Å²) in [7, 11) is -4.16. The Kier molecular flexibility index (Phi) is 8.92. The maximum atomic E-state index is 13.7. The van der Waals surface area contributed by atoms with Gasteiger partial charge >= 0.3 is 19.7 Å². The van der Waals surface area contributed by atoms with Crippen LogP contribution < -0.4 is 14.9 Å². The Morgan fingerprint density at radius 2 is 2.00 bits per heavy atom. The first-order valence-electron chi connectivity index (χ1n) is 11.3. The number of esters is 1. The Hall–Kier alpha value is -2.34. The first kappa shape index (κ1) is 28.2. The van der Waals surface area contributed by atoms with Crippen molar-refractivity contribution in [1.82, 2.24) is 15.3 Å². The Balaban J connectivity index is 1.76. The molecule has 11 nitrogen and oxygen atoms in total. The molecule has 2 heterocycles. The van der Waals surface area contributed by atoms with Crippen molar-refractivity contribution in [3.05, 3.63) is 54.9 Å². The number of rotatable bonds is 10. The van der Waals surface area contributed by atoms with Gasteiger partial charge in [0.2, 0.25) is 0 Å². The lowest BCUT2D eigenvalue weighted by Gasteiger charge is -2.36. The second-order valence-electron chi connectivity index (χ2n) is 8.91. The van der Waals surface area contributed by atoms with E-state index < -0.39 is 48.1 Å². The maximum absolute atomic E-state index is 13.7. The molecule has 0 radical (unpaired) electrons. The van der Waals surface area contributed by atoms with Gasteiger partial charge < -0.3 is 24.8 Å². The van der Waals surface area contributed by atoms with Crippen LogP contribution in [0.4, 0.5) is 4.79 Å². The zero-order valence-corrected chi connectivity index (χ0v) is 22.2. The molecule has 2 aliphatic rings. The summed E-state index contributed by atoms with van der Waals surface area (Å²) in [6.07, 6.45) is 1.32. The fourth-order valence-corrected chi connectivity index (χ4v) is 6.78. The molecule has 1 aromatic rings. The van der Waals surface area contributed by atoms with Gasteiger partial charge in [-0.1, -0.05) is 24.8 Å². The summed E-state index contributed by atoms with van der Waals surface area (Å²) in [5.41, 5.74) is -1.32. The fourth-order valence-electron chi connectivity index (χ4n) is 3.55. The fraction of sp³-hybridized carbons (Fsp3) is 0.478. The van der Waals surface area contributed by atoms with Crippen molar-refractivity contribution in [3.63, 3.8) is 0 Å². The molecule has 4 N–H and O–H groups in total. The van der Waals surface area contributed by atoms with E-state index in [9.17, 15) is 24.4 Å². The van der Waals surface area contributed by atoms with E-state index in [4.69, 9.17) is 13.8 Å². The highest BCUT2D eigenvalue weighted by Gasteiger charge is 2.55. The summed E-state index contributed by atoms with van der Waals surface area (Å²) in [6, 6.07) is 6.72. The number of hydrogen-bond donors (Lipinski definition) is 4. The summed E-state index contributed by atoms with van der Waals surface area (Å²) in [5.74, 6) is -0.411. The number of aliphatic hydroxyl groups excluding tert-OH is 1. The van der Waals surface area contributed by atoms with E-state index in [1.54, 1.807) is 50.3 Å². The number of carbonyl (C=O) groups excluding carboxylic acids is 2. The van der Waals surface area contributed by atoms with Crippen molar-refractivity contribution < 1.29 is 38.2 Å². The van der Waals surface area contributed by atoms with Crippen molar-refractivity contribution in [2.75, 3.05) is 6.61 Å². The minimum atomic E-state index is -4.16. The van der Waals surface area contributed by atoms with Crippen LogP contribution in [-0.2, 0) is 18.6 Å². The van der Waals surface area contributed by atoms with Gasteiger partial charge in [-0.05, 0) is 45.9 Å². The van der Waals surface area contributed by atoms with Gasteiger partial charge in [-0.25, -0.2) is 9.36 Å². The van der Waals surface area contributed by atoms with Gasteiger partial charge in [0.05, 0.1) is 24.1 Å². The van der Waals surface area contributed by atoms with Gasteiger partial charge in [-0.3, -0.25) is 14.2 Å². The van der Waals surface area contributed by atoms with Crippen LogP contribution in [0.25, 0.3) is 0 Å². The molecule has 1 fully saturated rings. The van der Waals surface area contributed by atoms with E-state index in [0.717, 1.165) is 11.8 Å². The third-order valence-corrected chi connectivity index (χ3v) is 8.73. The molecule has 0 aromatic heterocycles. The highest BCUT2D eigenvalue weighted by Crippen LogP contribution is 2.49. The van der Waals surface area contributed by atoms with Gasteiger partial charge in [0.25, 0.3) is 0 Å². The summed E-state index contributed by atoms with van der Waals surface area (Å²) in [4.78, 5) is 26.0. The minimum Gasteiger partial charge on any atom is -0.462 e. The number of benzene rings is 1. The molecule has 2 amide bonds. The van der Waals surface area contributed by atoms with Crippen LogP contribution in [0.15, 0.2) is 54.9 Å². The molecule has 13 heteroatoms. The maximum Gasteiger partial charge on any atom is 0.459 e. The summed E-state index contributed by atoms with van der Waals surface area (Å²) in [6.45, 7) is 9.59. The summed E-state index contributed by atoms with van der Waals surface area (Å²) >= 11 is 1.08. The molecule has 2 aliphatic heterocycles. The molecule has 0 aliphatic carbocycles. The van der Waals surface area contributed by atoms with E-state index in [2.05, 4.69) is 17.0 Å². The van der Waals surface area contributed by atoms with Gasteiger partial charge in [0, 0.05) is 11.9 Å². The highest BCUT2D eigenvalue weighted by atomic mass is 32.2. The van der Waals surface area contributed by atoms with Crippen LogP contribution in [0, 0.1) is 0 Å². The van der Waals surface area contributed by atoms with Gasteiger partial charge in [-0.15, -0.1) is 11.8 Å². The Labute approximate surface area is 214 Å². The van der Waals surface area contributed by atoms with Gasteiger partial charge in [0.1, 0.15) is 22.8 Å². The molecule has 6 atom stereocenters. The van der Waals surface area contributed by atoms with E-state index in [-0.39, 0.29) is 18.5 Å².